The van der Waals surface area contributed by atoms with E-state index < -0.39 is 0 Å². The Morgan fingerprint density at radius 1 is 1.06 bits per heavy atom. The third-order valence-electron chi connectivity index (χ3n) is 2.28. The third-order valence-corrected chi connectivity index (χ3v) is 2.28. The van der Waals surface area contributed by atoms with E-state index in [4.69, 9.17) is 0 Å². The molecule has 2 nitrogen and oxygen atoms in total. The van der Waals surface area contributed by atoms with E-state index in [0.29, 0.717) is 0 Å². The Bertz CT molecular complexity index is 425. The maximum atomic E-state index is 12.6. The predicted molar refractivity (Wildman–Crippen MR) is 62.8 cm³/mol. The van der Waals surface area contributed by atoms with Crippen LogP contribution in [-0.2, 0) is 6.42 Å². The highest BCUT2D eigenvalue weighted by Crippen LogP contribution is 2.08. The number of anilines is 1. The van der Waals surface area contributed by atoms with Gasteiger partial charge in [0.2, 0.25) is 0 Å². The van der Waals surface area contributed by atoms with E-state index in [1.807, 2.05) is 18.2 Å². The molecule has 0 atom stereocenters. The van der Waals surface area contributed by atoms with E-state index in [2.05, 4.69) is 10.3 Å². The van der Waals surface area contributed by atoms with Gasteiger partial charge >= 0.3 is 0 Å². The van der Waals surface area contributed by atoms with Crippen molar-refractivity contribution < 1.29 is 4.39 Å². The minimum Gasteiger partial charge on any atom is -0.385 e. The van der Waals surface area contributed by atoms with E-state index in [-0.39, 0.29) is 5.82 Å². The first-order chi connectivity index (χ1) is 7.84. The molecule has 0 aliphatic rings. The average Bonchev–Trinajstić information content (AvgIpc) is 2.33. The van der Waals surface area contributed by atoms with Crippen LogP contribution < -0.4 is 5.32 Å². The summed E-state index contributed by atoms with van der Waals surface area (Å²) in [6.07, 6.45) is 2.64. The molecule has 82 valence electrons. The van der Waals surface area contributed by atoms with Gasteiger partial charge in [-0.3, -0.25) is 4.98 Å². The van der Waals surface area contributed by atoms with E-state index >= 15 is 0 Å². The fourth-order valence-corrected chi connectivity index (χ4v) is 1.45. The highest BCUT2D eigenvalue weighted by molar-refractivity contribution is 5.42. The smallest absolute Gasteiger partial charge is 0.123 e. The van der Waals surface area contributed by atoms with Crippen LogP contribution in [-0.4, -0.2) is 11.5 Å². The first-order valence-electron chi connectivity index (χ1n) is 5.24. The topological polar surface area (TPSA) is 24.9 Å². The molecule has 2 rings (SSSR count). The van der Waals surface area contributed by atoms with Crippen molar-refractivity contribution in [1.29, 1.82) is 0 Å². The predicted octanol–water partition coefficient (Wildman–Crippen LogP) is 2.88. The Hall–Kier alpha value is -1.90. The molecule has 0 aliphatic carbocycles. The van der Waals surface area contributed by atoms with Crippen LogP contribution in [0.15, 0.2) is 48.7 Å². The van der Waals surface area contributed by atoms with Gasteiger partial charge in [-0.1, -0.05) is 6.07 Å². The number of aromatic nitrogens is 1. The van der Waals surface area contributed by atoms with Crippen LogP contribution in [0.5, 0.6) is 0 Å². The van der Waals surface area contributed by atoms with Crippen molar-refractivity contribution in [2.24, 2.45) is 0 Å². The molecule has 0 saturated heterocycles. The molecular formula is C13H13FN2. The zero-order valence-electron chi connectivity index (χ0n) is 8.86. The van der Waals surface area contributed by atoms with Gasteiger partial charge in [-0.25, -0.2) is 4.39 Å². The quantitative estimate of drug-likeness (QED) is 0.850. The molecule has 1 N–H and O–H groups in total. The summed E-state index contributed by atoms with van der Waals surface area (Å²) in [6.45, 7) is 0.794. The molecule has 0 saturated carbocycles. The first-order valence-corrected chi connectivity index (χ1v) is 5.24. The summed E-state index contributed by atoms with van der Waals surface area (Å²) in [5, 5.41) is 3.21. The lowest BCUT2D eigenvalue weighted by Gasteiger charge is -2.05. The van der Waals surface area contributed by atoms with Gasteiger partial charge in [0.15, 0.2) is 0 Å². The third kappa shape index (κ3) is 3.05. The molecule has 3 heteroatoms. The van der Waals surface area contributed by atoms with E-state index in [0.717, 1.165) is 24.3 Å². The van der Waals surface area contributed by atoms with Crippen molar-refractivity contribution in [3.8, 4) is 0 Å². The van der Waals surface area contributed by atoms with Crippen LogP contribution in [0.1, 0.15) is 5.69 Å². The molecular weight excluding hydrogens is 203 g/mol. The average molecular weight is 216 g/mol. The molecule has 1 heterocycles. The number of rotatable bonds is 4. The number of nitrogens with zero attached hydrogens (tertiary/aromatic N) is 1. The highest BCUT2D eigenvalue weighted by Gasteiger charge is 1.94. The molecule has 0 spiro atoms. The monoisotopic (exact) mass is 216 g/mol. The van der Waals surface area contributed by atoms with Gasteiger partial charge in [-0.15, -0.1) is 0 Å². The summed E-state index contributed by atoms with van der Waals surface area (Å²) >= 11 is 0. The molecule has 16 heavy (non-hydrogen) atoms. The first kappa shape index (κ1) is 10.6. The van der Waals surface area contributed by atoms with Crippen LogP contribution in [0.25, 0.3) is 0 Å². The van der Waals surface area contributed by atoms with Crippen molar-refractivity contribution in [3.05, 3.63) is 60.2 Å². The summed E-state index contributed by atoms with van der Waals surface area (Å²) in [4.78, 5) is 4.22. The Balaban J connectivity index is 1.82. The summed E-state index contributed by atoms with van der Waals surface area (Å²) < 4.78 is 12.6. The van der Waals surface area contributed by atoms with E-state index in [1.54, 1.807) is 18.3 Å². The Labute approximate surface area is 94.2 Å². The number of hydrogen-bond acceptors (Lipinski definition) is 2. The maximum Gasteiger partial charge on any atom is 0.123 e. The summed E-state index contributed by atoms with van der Waals surface area (Å²) in [6, 6.07) is 12.2. The molecule has 1 aromatic carbocycles. The lowest BCUT2D eigenvalue weighted by molar-refractivity contribution is 0.628. The lowest BCUT2D eigenvalue weighted by atomic mass is 10.2. The van der Waals surface area contributed by atoms with E-state index in [9.17, 15) is 4.39 Å². The lowest BCUT2D eigenvalue weighted by Crippen LogP contribution is -2.05. The van der Waals surface area contributed by atoms with E-state index in [1.165, 1.54) is 12.1 Å². The molecule has 0 fully saturated rings. The SMILES string of the molecule is Fc1ccc(NCCc2ccccn2)cc1. The van der Waals surface area contributed by atoms with Crippen LogP contribution >= 0.6 is 0 Å². The van der Waals surface area contributed by atoms with Gasteiger partial charge in [0.1, 0.15) is 5.82 Å². The summed E-state index contributed by atoms with van der Waals surface area (Å²) in [7, 11) is 0. The second kappa shape index (κ2) is 5.26. The Morgan fingerprint density at radius 2 is 1.88 bits per heavy atom. The molecule has 0 aliphatic heterocycles. The fraction of sp³-hybridized carbons (Fsp3) is 0.154. The summed E-state index contributed by atoms with van der Waals surface area (Å²) in [5.41, 5.74) is 1.98. The van der Waals surface area contributed by atoms with Gasteiger partial charge in [-0.2, -0.15) is 0 Å². The molecule has 2 aromatic rings. The minimum atomic E-state index is -0.213. The number of nitrogens with one attached hydrogen (secondary N) is 1. The number of hydrogen-bond donors (Lipinski definition) is 1. The highest BCUT2D eigenvalue weighted by atomic mass is 19.1. The normalized spacial score (nSPS) is 10.1. The second-order valence-corrected chi connectivity index (χ2v) is 3.50. The zero-order chi connectivity index (χ0) is 11.2. The van der Waals surface area contributed by atoms with Gasteiger partial charge in [0, 0.05) is 30.5 Å². The van der Waals surface area contributed by atoms with Crippen LogP contribution in [0, 0.1) is 5.82 Å². The van der Waals surface area contributed by atoms with Crippen LogP contribution in [0.2, 0.25) is 0 Å². The molecule has 0 radical (unpaired) electrons. The van der Waals surface area contributed by atoms with Crippen LogP contribution in [0.3, 0.4) is 0 Å². The number of halogens is 1. The van der Waals surface area contributed by atoms with Gasteiger partial charge in [0.25, 0.3) is 0 Å². The zero-order valence-corrected chi connectivity index (χ0v) is 8.86. The van der Waals surface area contributed by atoms with Gasteiger partial charge in [0.05, 0.1) is 0 Å². The van der Waals surface area contributed by atoms with Crippen molar-refractivity contribution >= 4 is 5.69 Å². The Kier molecular flexibility index (Phi) is 3.49. The minimum absolute atomic E-state index is 0.213. The molecule has 1 aromatic heterocycles. The number of benzene rings is 1. The molecule has 0 unspecified atom stereocenters. The van der Waals surface area contributed by atoms with Crippen molar-refractivity contribution in [3.63, 3.8) is 0 Å². The number of pyridine rings is 1. The largest absolute Gasteiger partial charge is 0.385 e. The summed E-state index contributed by atoms with van der Waals surface area (Å²) in [5.74, 6) is -0.213. The van der Waals surface area contributed by atoms with Gasteiger partial charge in [-0.05, 0) is 36.4 Å². The molecule has 0 bridgehead atoms. The van der Waals surface area contributed by atoms with Crippen LogP contribution in [0.4, 0.5) is 10.1 Å². The van der Waals surface area contributed by atoms with Crippen molar-refractivity contribution in [2.75, 3.05) is 11.9 Å². The second-order valence-electron chi connectivity index (χ2n) is 3.50. The van der Waals surface area contributed by atoms with Crippen molar-refractivity contribution in [2.45, 2.75) is 6.42 Å². The Morgan fingerprint density at radius 3 is 2.56 bits per heavy atom. The van der Waals surface area contributed by atoms with Crippen molar-refractivity contribution in [1.82, 2.24) is 4.98 Å². The fourth-order valence-electron chi connectivity index (χ4n) is 1.45. The molecule has 0 amide bonds. The van der Waals surface area contributed by atoms with Gasteiger partial charge < -0.3 is 5.32 Å². The maximum absolute atomic E-state index is 12.6. The standard InChI is InChI=1S/C13H13FN2/c14-11-4-6-13(7-5-11)16-10-8-12-3-1-2-9-15-12/h1-7,9,16H,8,10H2.